The summed E-state index contributed by atoms with van der Waals surface area (Å²) in [6.07, 6.45) is -0.285. The van der Waals surface area contributed by atoms with Crippen molar-refractivity contribution in [2.24, 2.45) is 0 Å². The highest BCUT2D eigenvalue weighted by Gasteiger charge is 2.23. The third-order valence-electron chi connectivity index (χ3n) is 3.87. The fourth-order valence-corrected chi connectivity index (χ4v) is 2.82. The van der Waals surface area contributed by atoms with Gasteiger partial charge in [-0.05, 0) is 19.1 Å². The lowest BCUT2D eigenvalue weighted by Gasteiger charge is -2.33. The Morgan fingerprint density at radius 1 is 1.30 bits per heavy atom. The van der Waals surface area contributed by atoms with E-state index in [4.69, 9.17) is 20.8 Å². The minimum Gasteiger partial charge on any atom is -0.450 e. The van der Waals surface area contributed by atoms with Gasteiger partial charge in [0.1, 0.15) is 0 Å². The van der Waals surface area contributed by atoms with Gasteiger partial charge in [0.2, 0.25) is 0 Å². The van der Waals surface area contributed by atoms with Crippen molar-refractivity contribution >= 4 is 28.8 Å². The first-order chi connectivity index (χ1) is 11.1. The summed E-state index contributed by atoms with van der Waals surface area (Å²) in [5, 5.41) is 0.529. The number of ether oxygens (including phenoxy) is 1. The summed E-state index contributed by atoms with van der Waals surface area (Å²) in [5.41, 5.74) is 1.19. The first kappa shape index (κ1) is 15.9. The van der Waals surface area contributed by atoms with Crippen LogP contribution in [0.5, 0.6) is 0 Å². The summed E-state index contributed by atoms with van der Waals surface area (Å²) in [6.45, 7) is 5.08. The molecule has 0 bridgehead atoms. The molecule has 23 heavy (non-hydrogen) atoms. The summed E-state index contributed by atoms with van der Waals surface area (Å²) in [7, 11) is 0. The van der Waals surface area contributed by atoms with E-state index in [2.05, 4.69) is 4.90 Å². The van der Waals surface area contributed by atoms with E-state index in [1.54, 1.807) is 34.6 Å². The molecule has 2 heterocycles. The van der Waals surface area contributed by atoms with Crippen LogP contribution in [0.3, 0.4) is 0 Å². The van der Waals surface area contributed by atoms with E-state index in [9.17, 15) is 9.59 Å². The number of halogens is 1. The van der Waals surface area contributed by atoms with E-state index in [0.29, 0.717) is 55.6 Å². The molecule has 0 atom stereocenters. The van der Waals surface area contributed by atoms with Crippen LogP contribution in [0.2, 0.25) is 5.02 Å². The van der Waals surface area contributed by atoms with Gasteiger partial charge in [-0.2, -0.15) is 0 Å². The number of hydrogen-bond acceptors (Lipinski definition) is 5. The molecule has 0 saturated carbocycles. The molecule has 0 radical (unpaired) electrons. The maximum atomic E-state index is 12.0. The zero-order valence-corrected chi connectivity index (χ0v) is 13.6. The average molecular weight is 340 g/mol. The second-order valence-electron chi connectivity index (χ2n) is 5.35. The molecule has 7 nitrogen and oxygen atoms in total. The van der Waals surface area contributed by atoms with Crippen molar-refractivity contribution in [2.45, 2.75) is 13.6 Å². The lowest BCUT2D eigenvalue weighted by atomic mass is 10.3. The third-order valence-corrected chi connectivity index (χ3v) is 4.11. The highest BCUT2D eigenvalue weighted by molar-refractivity contribution is 6.31. The quantitative estimate of drug-likeness (QED) is 0.855. The van der Waals surface area contributed by atoms with E-state index < -0.39 is 5.76 Å². The molecule has 3 rings (SSSR count). The van der Waals surface area contributed by atoms with Crippen molar-refractivity contribution < 1.29 is 13.9 Å². The van der Waals surface area contributed by atoms with Gasteiger partial charge in [-0.3, -0.25) is 9.47 Å². The Labute approximate surface area is 138 Å². The Morgan fingerprint density at radius 2 is 2.04 bits per heavy atom. The summed E-state index contributed by atoms with van der Waals surface area (Å²) in [6, 6.07) is 5.14. The zero-order valence-electron chi connectivity index (χ0n) is 12.8. The van der Waals surface area contributed by atoms with Crippen LogP contribution in [-0.4, -0.2) is 53.2 Å². The number of aromatic nitrogens is 1. The van der Waals surface area contributed by atoms with Crippen LogP contribution in [0.4, 0.5) is 4.79 Å². The van der Waals surface area contributed by atoms with E-state index in [-0.39, 0.29) is 6.09 Å². The molecule has 0 unspecified atom stereocenters. The van der Waals surface area contributed by atoms with Gasteiger partial charge in [-0.1, -0.05) is 11.6 Å². The number of rotatable bonds is 3. The molecule has 1 aliphatic heterocycles. The Balaban J connectivity index is 1.69. The topological polar surface area (TPSA) is 67.9 Å². The van der Waals surface area contributed by atoms with Crippen LogP contribution >= 0.6 is 11.6 Å². The molecule has 0 spiro atoms. The standard InChI is InChI=1S/C15H18ClN3O4/c1-2-22-14(20)18-7-5-17(6-8-18)10-19-12-4-3-11(16)9-13(12)23-15(19)21/h3-4,9H,2,5-8,10H2,1H3. The third kappa shape index (κ3) is 3.35. The van der Waals surface area contributed by atoms with E-state index in [1.807, 2.05) is 0 Å². The number of amides is 1. The van der Waals surface area contributed by atoms with E-state index in [0.717, 1.165) is 0 Å². The predicted octanol–water partition coefficient (Wildman–Crippen LogP) is 1.98. The van der Waals surface area contributed by atoms with Gasteiger partial charge in [0.05, 0.1) is 18.8 Å². The van der Waals surface area contributed by atoms with Crippen LogP contribution in [-0.2, 0) is 11.4 Å². The number of carbonyl (C=O) groups is 1. The summed E-state index contributed by atoms with van der Waals surface area (Å²) in [4.78, 5) is 27.5. The molecule has 0 aliphatic carbocycles. The van der Waals surface area contributed by atoms with Crippen molar-refractivity contribution in [3.05, 3.63) is 33.8 Å². The van der Waals surface area contributed by atoms with Crippen molar-refractivity contribution in [2.75, 3.05) is 32.8 Å². The van der Waals surface area contributed by atoms with Gasteiger partial charge in [-0.25, -0.2) is 9.59 Å². The number of benzene rings is 1. The van der Waals surface area contributed by atoms with Gasteiger partial charge >= 0.3 is 11.8 Å². The summed E-state index contributed by atoms with van der Waals surface area (Å²) < 4.78 is 11.8. The molecule has 1 aromatic heterocycles. The number of oxazole rings is 1. The average Bonchev–Trinajstić information content (AvgIpc) is 2.83. The molecule has 1 fully saturated rings. The van der Waals surface area contributed by atoms with Crippen LogP contribution < -0.4 is 5.76 Å². The fourth-order valence-electron chi connectivity index (χ4n) is 2.66. The minimum atomic E-state index is -0.407. The first-order valence-electron chi connectivity index (χ1n) is 7.51. The maximum absolute atomic E-state index is 12.0. The molecule has 8 heteroatoms. The van der Waals surface area contributed by atoms with Crippen LogP contribution in [0.1, 0.15) is 6.92 Å². The molecular weight excluding hydrogens is 322 g/mol. The summed E-state index contributed by atoms with van der Waals surface area (Å²) in [5.74, 6) is -0.407. The van der Waals surface area contributed by atoms with Crippen LogP contribution in [0, 0.1) is 0 Å². The minimum absolute atomic E-state index is 0.285. The maximum Gasteiger partial charge on any atom is 0.421 e. The van der Waals surface area contributed by atoms with Crippen molar-refractivity contribution in [3.63, 3.8) is 0 Å². The normalized spacial score (nSPS) is 16.0. The second kappa shape index (κ2) is 6.64. The van der Waals surface area contributed by atoms with Crippen molar-refractivity contribution in [1.29, 1.82) is 0 Å². The Kier molecular flexibility index (Phi) is 4.58. The van der Waals surface area contributed by atoms with Gasteiger partial charge in [0.15, 0.2) is 5.58 Å². The Hall–Kier alpha value is -1.99. The van der Waals surface area contributed by atoms with Crippen LogP contribution in [0.25, 0.3) is 11.1 Å². The lowest BCUT2D eigenvalue weighted by Crippen LogP contribution is -2.49. The molecule has 1 amide bonds. The fraction of sp³-hybridized carbons (Fsp3) is 0.467. The predicted molar refractivity (Wildman–Crippen MR) is 85.7 cm³/mol. The molecule has 2 aromatic rings. The molecule has 1 aliphatic rings. The SMILES string of the molecule is CCOC(=O)N1CCN(Cn2c(=O)oc3cc(Cl)ccc32)CC1. The molecular formula is C15H18ClN3O4. The lowest BCUT2D eigenvalue weighted by molar-refractivity contribution is 0.0705. The van der Waals surface area contributed by atoms with Gasteiger partial charge < -0.3 is 14.1 Å². The zero-order chi connectivity index (χ0) is 16.4. The number of fused-ring (bicyclic) bond motifs is 1. The molecule has 1 saturated heterocycles. The van der Waals surface area contributed by atoms with Gasteiger partial charge in [0.25, 0.3) is 0 Å². The number of nitrogens with zero attached hydrogens (tertiary/aromatic N) is 3. The van der Waals surface area contributed by atoms with Crippen molar-refractivity contribution in [1.82, 2.24) is 14.4 Å². The Bertz CT molecular complexity index is 762. The monoisotopic (exact) mass is 339 g/mol. The van der Waals surface area contributed by atoms with E-state index >= 15 is 0 Å². The van der Waals surface area contributed by atoms with Gasteiger partial charge in [-0.15, -0.1) is 0 Å². The highest BCUT2D eigenvalue weighted by Crippen LogP contribution is 2.19. The van der Waals surface area contributed by atoms with Crippen molar-refractivity contribution in [3.8, 4) is 0 Å². The van der Waals surface area contributed by atoms with Crippen LogP contribution in [0.15, 0.2) is 27.4 Å². The number of hydrogen-bond donors (Lipinski definition) is 0. The van der Waals surface area contributed by atoms with Gasteiger partial charge in [0, 0.05) is 37.3 Å². The summed E-state index contributed by atoms with van der Waals surface area (Å²) >= 11 is 5.91. The highest BCUT2D eigenvalue weighted by atomic mass is 35.5. The molecule has 1 aromatic carbocycles. The number of piperazine rings is 1. The number of carbonyl (C=O) groups excluding carboxylic acids is 1. The molecule has 0 N–H and O–H groups in total. The Morgan fingerprint density at radius 3 is 2.74 bits per heavy atom. The molecule has 124 valence electrons. The largest absolute Gasteiger partial charge is 0.450 e. The smallest absolute Gasteiger partial charge is 0.421 e. The second-order valence-corrected chi connectivity index (χ2v) is 5.79. The first-order valence-corrected chi connectivity index (χ1v) is 7.89. The van der Waals surface area contributed by atoms with E-state index in [1.165, 1.54) is 0 Å².